The molecule has 6 heteroatoms. The summed E-state index contributed by atoms with van der Waals surface area (Å²) in [5.74, 6) is 0.190. The fraction of sp³-hybridized carbons (Fsp3) is 0.208. The largest absolute Gasteiger partial charge is 0.356 e. The summed E-state index contributed by atoms with van der Waals surface area (Å²) in [6.45, 7) is 10.4. The lowest BCUT2D eigenvalue weighted by Crippen LogP contribution is -2.30. The SMILES string of the molecule is C=C(Nc1cccc(-c2cccc(F)c2)c1)c1[nH]ncc1NC(=C)C1CCNCC1. The number of halogens is 1. The van der Waals surface area contributed by atoms with Crippen LogP contribution in [0.4, 0.5) is 15.8 Å². The maximum atomic E-state index is 13.6. The number of benzene rings is 2. The van der Waals surface area contributed by atoms with Crippen molar-refractivity contribution in [3.63, 3.8) is 0 Å². The topological polar surface area (TPSA) is 64.8 Å². The summed E-state index contributed by atoms with van der Waals surface area (Å²) in [4.78, 5) is 0. The minimum absolute atomic E-state index is 0.252. The number of aromatic nitrogens is 2. The average molecular weight is 404 g/mol. The van der Waals surface area contributed by atoms with Crippen molar-refractivity contribution in [1.29, 1.82) is 0 Å². The molecule has 1 fully saturated rings. The van der Waals surface area contributed by atoms with Crippen LogP contribution in [0.3, 0.4) is 0 Å². The van der Waals surface area contributed by atoms with Gasteiger partial charge in [0.05, 0.1) is 17.6 Å². The quantitative estimate of drug-likeness (QED) is 0.437. The Labute approximate surface area is 176 Å². The third kappa shape index (κ3) is 4.60. The van der Waals surface area contributed by atoms with Crippen molar-refractivity contribution in [3.05, 3.63) is 85.1 Å². The first-order chi connectivity index (χ1) is 14.6. The molecular weight excluding hydrogens is 377 g/mol. The van der Waals surface area contributed by atoms with Crippen LogP contribution in [0, 0.1) is 11.7 Å². The van der Waals surface area contributed by atoms with Gasteiger partial charge in [-0.05, 0) is 61.3 Å². The number of nitrogens with zero attached hydrogens (tertiary/aromatic N) is 1. The Kier molecular flexibility index (Phi) is 5.95. The number of nitrogens with one attached hydrogen (secondary N) is 4. The van der Waals surface area contributed by atoms with Gasteiger partial charge in [0.1, 0.15) is 11.5 Å². The Bertz CT molecular complexity index is 1050. The second-order valence-electron chi connectivity index (χ2n) is 7.53. The van der Waals surface area contributed by atoms with Crippen LogP contribution in [-0.2, 0) is 0 Å². The number of hydrogen-bond donors (Lipinski definition) is 4. The van der Waals surface area contributed by atoms with Gasteiger partial charge in [-0.25, -0.2) is 4.39 Å². The van der Waals surface area contributed by atoms with Crippen molar-refractivity contribution in [1.82, 2.24) is 15.5 Å². The molecule has 1 saturated heterocycles. The average Bonchev–Trinajstić information content (AvgIpc) is 3.23. The van der Waals surface area contributed by atoms with E-state index in [1.54, 1.807) is 12.3 Å². The van der Waals surface area contributed by atoms with E-state index in [1.807, 2.05) is 30.3 Å². The normalized spacial score (nSPS) is 14.3. The summed E-state index contributed by atoms with van der Waals surface area (Å²) in [6.07, 6.45) is 3.90. The first kappa shape index (κ1) is 19.9. The molecule has 1 aromatic heterocycles. The van der Waals surface area contributed by atoms with Crippen LogP contribution in [-0.4, -0.2) is 23.3 Å². The van der Waals surface area contributed by atoms with Gasteiger partial charge in [0.15, 0.2) is 0 Å². The fourth-order valence-corrected chi connectivity index (χ4v) is 3.74. The van der Waals surface area contributed by atoms with Crippen molar-refractivity contribution in [3.8, 4) is 11.1 Å². The summed E-state index contributed by atoms with van der Waals surface area (Å²) in [7, 11) is 0. The van der Waals surface area contributed by atoms with Gasteiger partial charge in [-0.3, -0.25) is 5.10 Å². The zero-order valence-corrected chi connectivity index (χ0v) is 16.8. The molecule has 0 unspecified atom stereocenters. The van der Waals surface area contributed by atoms with Crippen molar-refractivity contribution >= 4 is 17.1 Å². The fourth-order valence-electron chi connectivity index (χ4n) is 3.74. The van der Waals surface area contributed by atoms with Gasteiger partial charge < -0.3 is 16.0 Å². The van der Waals surface area contributed by atoms with Crippen LogP contribution in [0.25, 0.3) is 16.8 Å². The first-order valence-electron chi connectivity index (χ1n) is 10.1. The zero-order valence-electron chi connectivity index (χ0n) is 16.8. The number of allylic oxidation sites excluding steroid dienone is 1. The predicted octanol–water partition coefficient (Wildman–Crippen LogP) is 5.22. The van der Waals surface area contributed by atoms with E-state index in [9.17, 15) is 4.39 Å². The molecule has 5 nitrogen and oxygen atoms in total. The zero-order chi connectivity index (χ0) is 20.9. The minimum atomic E-state index is -0.252. The number of rotatable bonds is 7. The monoisotopic (exact) mass is 403 g/mol. The van der Waals surface area contributed by atoms with Gasteiger partial charge in [-0.15, -0.1) is 0 Å². The minimum Gasteiger partial charge on any atom is -0.356 e. The molecule has 0 aliphatic carbocycles. The Morgan fingerprint density at radius 3 is 2.50 bits per heavy atom. The van der Waals surface area contributed by atoms with Crippen LogP contribution in [0.2, 0.25) is 0 Å². The lowest BCUT2D eigenvalue weighted by molar-refractivity contribution is 0.422. The number of hydrogen-bond acceptors (Lipinski definition) is 4. The molecule has 0 spiro atoms. The van der Waals surface area contributed by atoms with E-state index in [-0.39, 0.29) is 5.82 Å². The summed E-state index contributed by atoms with van der Waals surface area (Å²) in [5, 5.41) is 17.3. The summed E-state index contributed by atoms with van der Waals surface area (Å²) in [6, 6.07) is 14.4. The third-order valence-corrected chi connectivity index (χ3v) is 5.38. The molecule has 0 amide bonds. The molecule has 3 aromatic rings. The van der Waals surface area contributed by atoms with E-state index < -0.39 is 0 Å². The lowest BCUT2D eigenvalue weighted by atomic mass is 9.95. The maximum absolute atomic E-state index is 13.6. The highest BCUT2D eigenvalue weighted by molar-refractivity contribution is 5.81. The molecule has 1 aliphatic rings. The van der Waals surface area contributed by atoms with Gasteiger partial charge in [-0.1, -0.05) is 37.4 Å². The Balaban J connectivity index is 1.47. The molecule has 4 N–H and O–H groups in total. The number of H-pyrrole nitrogens is 1. The van der Waals surface area contributed by atoms with Gasteiger partial charge in [-0.2, -0.15) is 5.10 Å². The molecular formula is C24H26FN5. The van der Waals surface area contributed by atoms with Crippen molar-refractivity contribution < 1.29 is 4.39 Å². The summed E-state index contributed by atoms with van der Waals surface area (Å²) < 4.78 is 13.6. The second kappa shape index (κ2) is 8.97. The molecule has 30 heavy (non-hydrogen) atoms. The van der Waals surface area contributed by atoms with Crippen molar-refractivity contribution in [2.75, 3.05) is 23.7 Å². The molecule has 2 aromatic carbocycles. The highest BCUT2D eigenvalue weighted by Crippen LogP contribution is 2.28. The van der Waals surface area contributed by atoms with E-state index in [0.717, 1.165) is 59.8 Å². The number of aromatic amines is 1. The van der Waals surface area contributed by atoms with Crippen LogP contribution in [0.1, 0.15) is 18.5 Å². The Morgan fingerprint density at radius 1 is 1.00 bits per heavy atom. The Hall–Kier alpha value is -3.38. The van der Waals surface area contributed by atoms with Crippen molar-refractivity contribution in [2.24, 2.45) is 5.92 Å². The molecule has 0 saturated carbocycles. The van der Waals surface area contributed by atoms with E-state index >= 15 is 0 Å². The number of anilines is 2. The van der Waals surface area contributed by atoms with E-state index in [4.69, 9.17) is 0 Å². The van der Waals surface area contributed by atoms with E-state index in [0.29, 0.717) is 11.6 Å². The van der Waals surface area contributed by atoms with Crippen LogP contribution in [0.5, 0.6) is 0 Å². The molecule has 0 radical (unpaired) electrons. The second-order valence-corrected chi connectivity index (χ2v) is 7.53. The van der Waals surface area contributed by atoms with Crippen LogP contribution < -0.4 is 16.0 Å². The molecule has 154 valence electrons. The maximum Gasteiger partial charge on any atom is 0.123 e. The lowest BCUT2D eigenvalue weighted by Gasteiger charge is -2.25. The molecule has 2 heterocycles. The van der Waals surface area contributed by atoms with Gasteiger partial charge >= 0.3 is 0 Å². The van der Waals surface area contributed by atoms with Gasteiger partial charge in [0, 0.05) is 17.3 Å². The molecule has 0 atom stereocenters. The Morgan fingerprint density at radius 2 is 1.73 bits per heavy atom. The third-order valence-electron chi connectivity index (χ3n) is 5.38. The van der Waals surface area contributed by atoms with Crippen LogP contribution in [0.15, 0.2) is 73.6 Å². The summed E-state index contributed by atoms with van der Waals surface area (Å²) >= 11 is 0. The highest BCUT2D eigenvalue weighted by Gasteiger charge is 2.18. The first-order valence-corrected chi connectivity index (χ1v) is 10.1. The van der Waals surface area contributed by atoms with E-state index in [2.05, 4.69) is 39.3 Å². The predicted molar refractivity (Wildman–Crippen MR) is 121 cm³/mol. The molecule has 4 rings (SSSR count). The van der Waals surface area contributed by atoms with Gasteiger partial charge in [0.2, 0.25) is 0 Å². The van der Waals surface area contributed by atoms with Crippen molar-refractivity contribution in [2.45, 2.75) is 12.8 Å². The number of piperidine rings is 1. The van der Waals surface area contributed by atoms with Crippen LogP contribution >= 0.6 is 0 Å². The van der Waals surface area contributed by atoms with Gasteiger partial charge in [0.25, 0.3) is 0 Å². The van der Waals surface area contributed by atoms with E-state index in [1.165, 1.54) is 12.1 Å². The molecule has 0 bridgehead atoms. The molecule has 1 aliphatic heterocycles. The highest BCUT2D eigenvalue weighted by atomic mass is 19.1. The summed E-state index contributed by atoms with van der Waals surface area (Å²) in [5.41, 5.74) is 5.92. The smallest absolute Gasteiger partial charge is 0.123 e. The standard InChI is InChI=1S/C24H26FN5/c1-16(18-9-11-26-12-10-18)29-23-15-27-30-24(23)17(2)28-22-8-4-6-20(14-22)19-5-3-7-21(25)13-19/h3-8,13-15,18,26,28-29H,1-2,9-12H2,(H,27,30).